The Morgan fingerprint density at radius 2 is 1.72 bits per heavy atom. The van der Waals surface area contributed by atoms with Crippen LogP contribution in [0.4, 0.5) is 4.39 Å². The van der Waals surface area contributed by atoms with Gasteiger partial charge in [0.1, 0.15) is 17.7 Å². The molecule has 3 saturated carbocycles. The van der Waals surface area contributed by atoms with Crippen LogP contribution in [-0.4, -0.2) is 77.2 Å². The summed E-state index contributed by atoms with van der Waals surface area (Å²) < 4.78 is 20.4. The van der Waals surface area contributed by atoms with E-state index >= 15 is 4.39 Å². The predicted octanol–water partition coefficient (Wildman–Crippen LogP) is 5.12. The van der Waals surface area contributed by atoms with Gasteiger partial charge >= 0.3 is 0 Å². The van der Waals surface area contributed by atoms with Gasteiger partial charge in [-0.1, -0.05) is 70.9 Å². The summed E-state index contributed by atoms with van der Waals surface area (Å²) >= 11 is 6.37. The van der Waals surface area contributed by atoms with Gasteiger partial charge in [0, 0.05) is 24.4 Å². The molecule has 1 unspecified atom stereocenters. The van der Waals surface area contributed by atoms with Gasteiger partial charge in [0.25, 0.3) is 5.91 Å². The minimum atomic E-state index is -1.24. The molecular weight excluding hydrogens is 717 g/mol. The lowest BCUT2D eigenvalue weighted by molar-refractivity contribution is -0.145. The van der Waals surface area contributed by atoms with E-state index in [-0.39, 0.29) is 54.1 Å². The second-order valence-corrected chi connectivity index (χ2v) is 17.4. The number of carbonyl (C=O) groups excluding carboxylic acids is 5. The fraction of sp³-hybridized carbons (Fsp3) is 0.675. The van der Waals surface area contributed by atoms with E-state index in [9.17, 15) is 24.0 Å². The van der Waals surface area contributed by atoms with Crippen molar-refractivity contribution in [3.63, 3.8) is 0 Å². The highest BCUT2D eigenvalue weighted by molar-refractivity contribution is 6.38. The summed E-state index contributed by atoms with van der Waals surface area (Å²) in [4.78, 5) is 76.5. The van der Waals surface area contributed by atoms with Crippen LogP contribution in [0.5, 0.6) is 5.75 Å². The van der Waals surface area contributed by atoms with Crippen molar-refractivity contribution >= 4 is 46.7 Å². The third-order valence-electron chi connectivity index (χ3n) is 11.5. The van der Waals surface area contributed by atoms with Crippen molar-refractivity contribution in [2.45, 2.75) is 141 Å². The molecule has 1 saturated heterocycles. The highest BCUT2D eigenvalue weighted by Crippen LogP contribution is 2.41. The number of carbonyl (C=O) groups is 5. The van der Waals surface area contributed by atoms with E-state index in [1.54, 1.807) is 19.1 Å². The Kier molecular flexibility index (Phi) is 12.3. The average Bonchev–Trinajstić information content (AvgIpc) is 3.70. The maximum absolute atomic E-state index is 15.0. The third kappa shape index (κ3) is 9.38. The predicted molar refractivity (Wildman–Crippen MR) is 200 cm³/mol. The molecule has 0 bridgehead atoms. The van der Waals surface area contributed by atoms with Crippen molar-refractivity contribution in [2.75, 3.05) is 13.2 Å². The monoisotopic (exact) mass is 771 g/mol. The van der Waals surface area contributed by atoms with Crippen LogP contribution in [0, 0.1) is 23.1 Å². The molecule has 1 aromatic carbocycles. The summed E-state index contributed by atoms with van der Waals surface area (Å²) in [6.45, 7) is 7.45. The number of amides is 4. The van der Waals surface area contributed by atoms with Crippen LogP contribution in [0.25, 0.3) is 5.70 Å². The molecule has 296 valence electrons. The first-order valence-corrected chi connectivity index (χ1v) is 20.1. The Hall–Kier alpha value is -3.71. The highest BCUT2D eigenvalue weighted by Gasteiger charge is 2.54. The van der Waals surface area contributed by atoms with Gasteiger partial charge in [-0.2, -0.15) is 0 Å². The Labute approximate surface area is 322 Å². The number of nitrogens with one attached hydrogen (secondary N) is 4. The second-order valence-electron chi connectivity index (χ2n) is 17.0. The van der Waals surface area contributed by atoms with Gasteiger partial charge in [-0.05, 0) is 74.5 Å². The second kappa shape index (κ2) is 16.6. The Morgan fingerprint density at radius 1 is 1.02 bits per heavy atom. The summed E-state index contributed by atoms with van der Waals surface area (Å²) in [5.74, 6) is -2.98. The molecule has 0 radical (unpaired) electrons. The summed E-state index contributed by atoms with van der Waals surface area (Å²) in [6, 6.07) is -0.391. The van der Waals surface area contributed by atoms with Crippen LogP contribution >= 0.6 is 11.6 Å². The van der Waals surface area contributed by atoms with Gasteiger partial charge in [0.05, 0.1) is 29.9 Å². The van der Waals surface area contributed by atoms with E-state index in [0.29, 0.717) is 24.1 Å². The zero-order valence-electron chi connectivity index (χ0n) is 31.9. The number of hydrogen-bond acceptors (Lipinski definition) is 8. The molecule has 4 fully saturated rings. The van der Waals surface area contributed by atoms with Crippen molar-refractivity contribution in [2.24, 2.45) is 17.3 Å². The molecule has 54 heavy (non-hydrogen) atoms. The molecule has 4 atom stereocenters. The molecule has 2 aliphatic heterocycles. The summed E-state index contributed by atoms with van der Waals surface area (Å²) in [5, 5.41) is 8.69. The first-order chi connectivity index (χ1) is 25.7. The molecule has 14 heteroatoms. The number of hydrogen-bond donors (Lipinski definition) is 4. The maximum atomic E-state index is 15.0. The SMILES string of the molecule is CCOc1c(F)cc(C2=C[C@]3(C[C@@H](C(=O)NC(CC4CCC4)C(=O)C(=O)NC4CC4)N(C(=O)[C@@H](NC(=O)CC4CCCCC4)C(C)(C)C)C3)ON2)cc1Cl. The number of ether oxygens (including phenoxy) is 1. The molecule has 12 nitrogen and oxygen atoms in total. The zero-order chi connectivity index (χ0) is 38.8. The summed E-state index contributed by atoms with van der Waals surface area (Å²) in [6.07, 6.45) is 12.0. The molecule has 0 aromatic heterocycles. The Balaban J connectivity index is 1.28. The zero-order valence-corrected chi connectivity index (χ0v) is 32.6. The number of halogens is 2. The Morgan fingerprint density at radius 3 is 2.33 bits per heavy atom. The van der Waals surface area contributed by atoms with Gasteiger partial charge in [-0.3, -0.25) is 34.3 Å². The first kappa shape index (κ1) is 40.0. The van der Waals surface area contributed by atoms with Gasteiger partial charge < -0.3 is 25.6 Å². The highest BCUT2D eigenvalue weighted by atomic mass is 35.5. The van der Waals surface area contributed by atoms with Gasteiger partial charge in [-0.15, -0.1) is 0 Å². The molecule has 5 aliphatic rings. The van der Waals surface area contributed by atoms with Crippen LogP contribution < -0.4 is 26.2 Å². The molecule has 3 aliphatic carbocycles. The molecule has 6 rings (SSSR count). The third-order valence-corrected chi connectivity index (χ3v) is 11.8. The summed E-state index contributed by atoms with van der Waals surface area (Å²) in [7, 11) is 0. The van der Waals surface area contributed by atoms with Crippen molar-refractivity contribution in [3.8, 4) is 5.75 Å². The normalized spacial score (nSPS) is 24.2. The maximum Gasteiger partial charge on any atom is 0.289 e. The number of Topliss-reactive ketones (excluding diaryl/α,β-unsaturated/α-hetero) is 1. The van der Waals surface area contributed by atoms with Crippen molar-refractivity contribution in [1.82, 2.24) is 26.3 Å². The first-order valence-electron chi connectivity index (χ1n) is 19.7. The van der Waals surface area contributed by atoms with Crippen LogP contribution in [0.1, 0.15) is 117 Å². The van der Waals surface area contributed by atoms with E-state index < -0.39 is 58.5 Å². The van der Waals surface area contributed by atoms with Crippen molar-refractivity contribution in [1.29, 1.82) is 0 Å². The smallest absolute Gasteiger partial charge is 0.289 e. The largest absolute Gasteiger partial charge is 0.489 e. The molecule has 4 N–H and O–H groups in total. The lowest BCUT2D eigenvalue weighted by Crippen LogP contribution is -2.59. The average molecular weight is 772 g/mol. The number of benzene rings is 1. The molecule has 4 amide bonds. The minimum Gasteiger partial charge on any atom is -0.489 e. The van der Waals surface area contributed by atoms with E-state index in [4.69, 9.17) is 21.2 Å². The van der Waals surface area contributed by atoms with E-state index in [1.807, 2.05) is 20.8 Å². The molecular formula is C40H55ClFN5O7. The lowest BCUT2D eigenvalue weighted by atomic mass is 9.80. The fourth-order valence-electron chi connectivity index (χ4n) is 8.05. The van der Waals surface area contributed by atoms with Gasteiger partial charge in [-0.25, -0.2) is 4.39 Å². The van der Waals surface area contributed by atoms with Gasteiger partial charge in [0.2, 0.25) is 23.5 Å². The molecule has 1 aromatic rings. The number of ketones is 1. The van der Waals surface area contributed by atoms with E-state index in [2.05, 4.69) is 21.4 Å². The van der Waals surface area contributed by atoms with E-state index in [0.717, 1.165) is 64.2 Å². The molecule has 2 heterocycles. The fourth-order valence-corrected chi connectivity index (χ4v) is 8.32. The number of likely N-dealkylation sites (tertiary alicyclic amines) is 1. The van der Waals surface area contributed by atoms with Gasteiger partial charge in [0.15, 0.2) is 11.6 Å². The quantitative estimate of drug-likeness (QED) is 0.190. The minimum absolute atomic E-state index is 0.0141. The van der Waals surface area contributed by atoms with E-state index in [1.165, 1.54) is 11.0 Å². The van der Waals surface area contributed by atoms with Crippen LogP contribution in [0.2, 0.25) is 5.02 Å². The number of hydroxylamine groups is 1. The number of rotatable bonds is 14. The van der Waals surface area contributed by atoms with Crippen LogP contribution in [0.15, 0.2) is 18.2 Å². The topological polar surface area (TPSA) is 155 Å². The van der Waals surface area contributed by atoms with Crippen LogP contribution in [0.3, 0.4) is 0 Å². The van der Waals surface area contributed by atoms with Crippen molar-refractivity contribution in [3.05, 3.63) is 34.6 Å². The van der Waals surface area contributed by atoms with Crippen LogP contribution in [-0.2, 0) is 28.8 Å². The number of nitrogens with zero attached hydrogens (tertiary/aromatic N) is 1. The van der Waals surface area contributed by atoms with Crippen molar-refractivity contribution < 1.29 is 37.9 Å². The lowest BCUT2D eigenvalue weighted by Gasteiger charge is -2.36. The summed E-state index contributed by atoms with van der Waals surface area (Å²) in [5.41, 5.74) is 1.65. The molecule has 1 spiro atoms. The standard InChI is InChI=1S/C40H55ClFN5O7/c1-5-53-34-27(41)18-25(19-28(34)42)30-20-40(54-46-30)21-31(36(50)44-29(16-23-12-9-13-23)33(49)37(51)43-26-14-15-26)47(22-40)38(52)35(39(2,3)4)45-32(48)17-24-10-7-6-8-11-24/h18-20,23-24,26,29,31,35,46H,5-17,21-22H2,1-4H3,(H,43,51)(H,44,50)(H,45,48)/t29?,31-,35+,40+/m0/s1. The Bertz CT molecular complexity index is 1630.